The predicted octanol–water partition coefficient (Wildman–Crippen LogP) is 2.26. The van der Waals surface area contributed by atoms with Crippen molar-refractivity contribution in [2.24, 2.45) is 0 Å². The lowest BCUT2D eigenvalue weighted by atomic mass is 12.0. The first-order valence-electron chi connectivity index (χ1n) is 1.21. The molecule has 5 heavy (non-hydrogen) atoms. The molecule has 0 radical (unpaired) electrons. The Balaban J connectivity index is 2.54. The molecule has 0 aliphatic heterocycles. The first-order chi connectivity index (χ1) is 2.27. The third-order valence-electron chi connectivity index (χ3n) is 0.252. The molecular formula is C2H6FPS. The Morgan fingerprint density at radius 2 is 2.00 bits per heavy atom. The lowest BCUT2D eigenvalue weighted by molar-refractivity contribution is 0.919. The van der Waals surface area contributed by atoms with E-state index in [0.717, 1.165) is 0 Å². The second kappa shape index (κ2) is 2.92. The van der Waals surface area contributed by atoms with E-state index in [9.17, 15) is 4.20 Å². The van der Waals surface area contributed by atoms with E-state index >= 15 is 0 Å². The maximum Gasteiger partial charge on any atom is 0.138 e. The predicted molar refractivity (Wildman–Crippen MR) is 27.5 cm³/mol. The van der Waals surface area contributed by atoms with Gasteiger partial charge in [0.2, 0.25) is 0 Å². The van der Waals surface area contributed by atoms with Crippen molar-refractivity contribution in [3.8, 4) is 0 Å². The van der Waals surface area contributed by atoms with Crippen LogP contribution in [0.3, 0.4) is 0 Å². The highest BCUT2D eigenvalue weighted by molar-refractivity contribution is 8.53. The zero-order valence-corrected chi connectivity index (χ0v) is 4.94. The molecule has 0 nitrogen and oxygen atoms in total. The highest BCUT2D eigenvalue weighted by Gasteiger charge is 1.86. The van der Waals surface area contributed by atoms with Crippen LogP contribution in [0.4, 0.5) is 4.20 Å². The molecule has 32 valence electrons. The summed E-state index contributed by atoms with van der Waals surface area (Å²) in [6, 6.07) is 0. The van der Waals surface area contributed by atoms with Crippen LogP contribution >= 0.6 is 18.8 Å². The zero-order valence-electron chi connectivity index (χ0n) is 3.23. The van der Waals surface area contributed by atoms with Crippen LogP contribution < -0.4 is 0 Å². The Kier molecular flexibility index (Phi) is 3.34. The summed E-state index contributed by atoms with van der Waals surface area (Å²) >= 11 is 1.28. The average Bonchev–Trinajstić information content (AvgIpc) is 1.38. The normalized spacial score (nSPS) is 15.0. The van der Waals surface area contributed by atoms with E-state index in [1.165, 1.54) is 11.4 Å². The molecule has 3 heteroatoms. The van der Waals surface area contributed by atoms with Gasteiger partial charge in [0.25, 0.3) is 0 Å². The summed E-state index contributed by atoms with van der Waals surface area (Å²) in [6.07, 6.45) is 1.77. The summed E-state index contributed by atoms with van der Waals surface area (Å²) < 4.78 is 11.5. The van der Waals surface area contributed by atoms with Gasteiger partial charge in [-0.2, -0.15) is 0 Å². The molecule has 0 aromatic rings. The van der Waals surface area contributed by atoms with Gasteiger partial charge in [0.15, 0.2) is 0 Å². The second-order valence-corrected chi connectivity index (χ2v) is 4.41. The first-order valence-corrected chi connectivity index (χ1v) is 4.72. The lowest BCUT2D eigenvalue weighted by Gasteiger charge is -1.85. The van der Waals surface area contributed by atoms with Gasteiger partial charge in [-0.1, -0.05) is 0 Å². The molecule has 1 atom stereocenters. The number of halogens is 1. The summed E-state index contributed by atoms with van der Waals surface area (Å²) in [7, 11) is -1.18. The third-order valence-corrected chi connectivity index (χ3v) is 2.26. The zero-order chi connectivity index (χ0) is 4.28. The van der Waals surface area contributed by atoms with Crippen molar-refractivity contribution in [1.82, 2.24) is 0 Å². The molecule has 0 aromatic carbocycles. The fraction of sp³-hybridized carbons (Fsp3) is 1.00. The van der Waals surface area contributed by atoms with Gasteiger partial charge >= 0.3 is 0 Å². The van der Waals surface area contributed by atoms with Gasteiger partial charge in [-0.05, 0) is 12.9 Å². The van der Waals surface area contributed by atoms with Crippen molar-refractivity contribution in [3.63, 3.8) is 0 Å². The van der Waals surface area contributed by atoms with Gasteiger partial charge in [-0.25, -0.2) is 4.20 Å². The standard InChI is InChI=1S/C2H6FPS/c1-4(3)5-2/h1-2H3. The van der Waals surface area contributed by atoms with Crippen LogP contribution in [-0.2, 0) is 0 Å². The summed E-state index contributed by atoms with van der Waals surface area (Å²) in [4.78, 5) is 0. The van der Waals surface area contributed by atoms with E-state index in [2.05, 4.69) is 0 Å². The number of hydrogen-bond acceptors (Lipinski definition) is 1. The quantitative estimate of drug-likeness (QED) is 0.469. The Bertz CT molecular complexity index is 23.6. The van der Waals surface area contributed by atoms with Crippen LogP contribution in [0.1, 0.15) is 0 Å². The highest BCUT2D eigenvalue weighted by atomic mass is 32.7. The summed E-state index contributed by atoms with van der Waals surface area (Å²) in [5.41, 5.74) is 0. The molecule has 1 unspecified atom stereocenters. The molecule has 0 heterocycles. The van der Waals surface area contributed by atoms with Crippen LogP contribution in [-0.4, -0.2) is 12.9 Å². The molecule has 0 spiro atoms. The topological polar surface area (TPSA) is 0 Å². The molecule has 0 rings (SSSR count). The van der Waals surface area contributed by atoms with Crippen molar-refractivity contribution in [1.29, 1.82) is 0 Å². The van der Waals surface area contributed by atoms with E-state index in [1.807, 2.05) is 0 Å². The largest absolute Gasteiger partial charge is 0.215 e. The minimum Gasteiger partial charge on any atom is -0.215 e. The summed E-state index contributed by atoms with van der Waals surface area (Å²) in [5.74, 6) is 0. The van der Waals surface area contributed by atoms with Crippen LogP contribution in [0.5, 0.6) is 0 Å². The molecule has 0 bridgehead atoms. The van der Waals surface area contributed by atoms with Crippen LogP contribution in [0.2, 0.25) is 0 Å². The van der Waals surface area contributed by atoms with Gasteiger partial charge in [-0.15, -0.1) is 11.4 Å². The van der Waals surface area contributed by atoms with E-state index in [-0.39, 0.29) is 0 Å². The average molecular weight is 112 g/mol. The molecule has 0 saturated carbocycles. The molecule has 0 fully saturated rings. The minimum atomic E-state index is -1.18. The molecule has 0 N–H and O–H groups in total. The summed E-state index contributed by atoms with van der Waals surface area (Å²) in [5, 5.41) is 0. The Labute approximate surface area is 36.8 Å². The van der Waals surface area contributed by atoms with Gasteiger partial charge < -0.3 is 0 Å². The fourth-order valence-corrected chi connectivity index (χ4v) is 0. The van der Waals surface area contributed by atoms with E-state index in [1.54, 1.807) is 12.9 Å². The summed E-state index contributed by atoms with van der Waals surface area (Å²) in [6.45, 7) is 1.58. The van der Waals surface area contributed by atoms with Crippen LogP contribution in [0.15, 0.2) is 0 Å². The van der Waals surface area contributed by atoms with E-state index in [0.29, 0.717) is 0 Å². The second-order valence-electron chi connectivity index (χ2n) is 0.603. The number of rotatable bonds is 1. The molecular weight excluding hydrogens is 106 g/mol. The van der Waals surface area contributed by atoms with Crippen molar-refractivity contribution < 1.29 is 4.20 Å². The highest BCUT2D eigenvalue weighted by Crippen LogP contribution is 2.44. The maximum atomic E-state index is 11.5. The van der Waals surface area contributed by atoms with E-state index < -0.39 is 7.43 Å². The molecule has 0 aliphatic carbocycles. The van der Waals surface area contributed by atoms with Crippen LogP contribution in [0.25, 0.3) is 0 Å². The SMILES string of the molecule is CSP(C)F. The Hall–Kier alpha value is 0.710. The third kappa shape index (κ3) is 4.71. The fourth-order valence-electron chi connectivity index (χ4n) is 0. The molecule has 0 saturated heterocycles. The van der Waals surface area contributed by atoms with Crippen molar-refractivity contribution >= 4 is 18.8 Å². The van der Waals surface area contributed by atoms with Gasteiger partial charge in [0, 0.05) is 0 Å². The van der Waals surface area contributed by atoms with E-state index in [4.69, 9.17) is 0 Å². The molecule has 0 aliphatic rings. The smallest absolute Gasteiger partial charge is 0.138 e. The number of hydrogen-bond donors (Lipinski definition) is 0. The Morgan fingerprint density at radius 3 is 2.00 bits per heavy atom. The van der Waals surface area contributed by atoms with Crippen molar-refractivity contribution in [2.45, 2.75) is 0 Å². The van der Waals surface area contributed by atoms with Crippen molar-refractivity contribution in [2.75, 3.05) is 12.9 Å². The Morgan fingerprint density at radius 1 is 1.80 bits per heavy atom. The molecule has 0 amide bonds. The first kappa shape index (κ1) is 5.71. The van der Waals surface area contributed by atoms with Gasteiger partial charge in [-0.3, -0.25) is 0 Å². The maximum absolute atomic E-state index is 11.5. The van der Waals surface area contributed by atoms with Crippen molar-refractivity contribution in [3.05, 3.63) is 0 Å². The lowest BCUT2D eigenvalue weighted by Crippen LogP contribution is -1.38. The monoisotopic (exact) mass is 112 g/mol. The molecule has 0 aromatic heterocycles. The van der Waals surface area contributed by atoms with Gasteiger partial charge in [0.05, 0.1) is 0 Å². The minimum absolute atomic E-state index is 1.18. The van der Waals surface area contributed by atoms with Crippen LogP contribution in [0, 0.1) is 0 Å². The van der Waals surface area contributed by atoms with Gasteiger partial charge in [0.1, 0.15) is 7.43 Å².